The summed E-state index contributed by atoms with van der Waals surface area (Å²) in [7, 11) is 0. The molecule has 3 aliphatic rings. The molecule has 2 aliphatic carbocycles. The van der Waals surface area contributed by atoms with E-state index in [1.54, 1.807) is 12.8 Å². The predicted molar refractivity (Wildman–Crippen MR) is 72.1 cm³/mol. The summed E-state index contributed by atoms with van der Waals surface area (Å²) >= 11 is 0. The average Bonchev–Trinajstić information content (AvgIpc) is 2.99. The number of fused-ring (bicyclic) bond motifs is 2. The highest BCUT2D eigenvalue weighted by Crippen LogP contribution is 2.48. The summed E-state index contributed by atoms with van der Waals surface area (Å²) in [5.74, 6) is 3.23. The lowest BCUT2D eigenvalue weighted by Gasteiger charge is -2.37. The fourth-order valence-electron chi connectivity index (χ4n) is 4.58. The molecular weight excluding hydrogens is 208 g/mol. The van der Waals surface area contributed by atoms with Gasteiger partial charge in [0.1, 0.15) is 0 Å². The first-order chi connectivity index (χ1) is 8.36. The van der Waals surface area contributed by atoms with Crippen LogP contribution >= 0.6 is 0 Å². The van der Waals surface area contributed by atoms with E-state index >= 15 is 0 Å². The molecule has 1 saturated heterocycles. The summed E-state index contributed by atoms with van der Waals surface area (Å²) in [5.41, 5.74) is 0. The maximum absolute atomic E-state index is 3.57. The van der Waals surface area contributed by atoms with E-state index in [0.717, 1.165) is 23.8 Å². The number of likely N-dealkylation sites (N-methyl/N-ethyl adjacent to an activating group) is 1. The zero-order valence-corrected chi connectivity index (χ0v) is 11.3. The van der Waals surface area contributed by atoms with Crippen LogP contribution in [-0.4, -0.2) is 37.1 Å². The maximum Gasteiger partial charge on any atom is 0.0221 e. The van der Waals surface area contributed by atoms with Gasteiger partial charge in [0.05, 0.1) is 0 Å². The number of hydrogen-bond acceptors (Lipinski definition) is 2. The second kappa shape index (κ2) is 5.27. The number of rotatable bonds is 4. The van der Waals surface area contributed by atoms with Gasteiger partial charge >= 0.3 is 0 Å². The summed E-state index contributed by atoms with van der Waals surface area (Å²) in [6.45, 7) is 7.46. The molecule has 0 aromatic heterocycles. The minimum Gasteiger partial charge on any atom is -0.315 e. The van der Waals surface area contributed by atoms with Gasteiger partial charge in [-0.25, -0.2) is 0 Å². The summed E-state index contributed by atoms with van der Waals surface area (Å²) < 4.78 is 0. The van der Waals surface area contributed by atoms with Gasteiger partial charge in [-0.3, -0.25) is 4.90 Å². The van der Waals surface area contributed by atoms with Crippen LogP contribution in [0.1, 0.15) is 45.4 Å². The first kappa shape index (κ1) is 12.0. The molecular formula is C15H28N2. The minimum atomic E-state index is 0.827. The summed E-state index contributed by atoms with van der Waals surface area (Å²) in [5, 5.41) is 3.57. The topological polar surface area (TPSA) is 15.3 Å². The van der Waals surface area contributed by atoms with Crippen molar-refractivity contribution in [1.82, 2.24) is 10.2 Å². The van der Waals surface area contributed by atoms with Gasteiger partial charge in [0, 0.05) is 19.1 Å². The zero-order valence-electron chi connectivity index (χ0n) is 11.3. The van der Waals surface area contributed by atoms with E-state index in [4.69, 9.17) is 0 Å². The third-order valence-electron chi connectivity index (χ3n) is 5.55. The van der Waals surface area contributed by atoms with Crippen LogP contribution in [0, 0.1) is 17.8 Å². The molecule has 4 unspecified atom stereocenters. The maximum atomic E-state index is 3.57. The van der Waals surface area contributed by atoms with Gasteiger partial charge in [-0.1, -0.05) is 13.3 Å². The van der Waals surface area contributed by atoms with Crippen molar-refractivity contribution in [3.8, 4) is 0 Å². The van der Waals surface area contributed by atoms with Crippen molar-refractivity contribution in [2.24, 2.45) is 17.8 Å². The Hall–Kier alpha value is -0.0800. The molecule has 0 amide bonds. The van der Waals surface area contributed by atoms with Crippen LogP contribution in [0.2, 0.25) is 0 Å². The SMILES string of the molecule is CCN(CC1CC2CCC1C2)C1CCCNC1. The number of piperidine rings is 1. The smallest absolute Gasteiger partial charge is 0.0221 e. The van der Waals surface area contributed by atoms with Crippen LogP contribution in [0.25, 0.3) is 0 Å². The van der Waals surface area contributed by atoms with E-state index < -0.39 is 0 Å². The van der Waals surface area contributed by atoms with E-state index in [2.05, 4.69) is 17.1 Å². The van der Waals surface area contributed by atoms with Gasteiger partial charge in [0.15, 0.2) is 0 Å². The molecule has 2 nitrogen and oxygen atoms in total. The molecule has 0 spiro atoms. The highest BCUT2D eigenvalue weighted by Gasteiger charge is 2.40. The van der Waals surface area contributed by atoms with E-state index in [1.807, 2.05) is 0 Å². The molecule has 2 saturated carbocycles. The first-order valence-electron chi connectivity index (χ1n) is 7.81. The molecule has 1 N–H and O–H groups in total. The molecule has 2 heteroatoms. The Labute approximate surface area is 106 Å². The Morgan fingerprint density at radius 3 is 2.71 bits per heavy atom. The van der Waals surface area contributed by atoms with Crippen LogP contribution in [-0.2, 0) is 0 Å². The quantitative estimate of drug-likeness (QED) is 0.807. The van der Waals surface area contributed by atoms with Gasteiger partial charge in [-0.05, 0) is 62.9 Å². The Balaban J connectivity index is 1.54. The van der Waals surface area contributed by atoms with Crippen LogP contribution < -0.4 is 5.32 Å². The Morgan fingerprint density at radius 1 is 1.18 bits per heavy atom. The third kappa shape index (κ3) is 2.53. The summed E-state index contributed by atoms with van der Waals surface area (Å²) in [6.07, 6.45) is 8.97. The average molecular weight is 236 g/mol. The van der Waals surface area contributed by atoms with Crippen LogP contribution in [0.4, 0.5) is 0 Å². The van der Waals surface area contributed by atoms with Gasteiger partial charge in [0.25, 0.3) is 0 Å². The monoisotopic (exact) mass is 236 g/mol. The Bertz CT molecular complexity index is 247. The molecule has 17 heavy (non-hydrogen) atoms. The van der Waals surface area contributed by atoms with E-state index in [9.17, 15) is 0 Å². The third-order valence-corrected chi connectivity index (χ3v) is 5.55. The Morgan fingerprint density at radius 2 is 2.12 bits per heavy atom. The summed E-state index contributed by atoms with van der Waals surface area (Å²) in [6, 6.07) is 0.827. The molecule has 0 aromatic rings. The van der Waals surface area contributed by atoms with Crippen molar-refractivity contribution in [1.29, 1.82) is 0 Å². The van der Waals surface area contributed by atoms with Crippen LogP contribution in [0.5, 0.6) is 0 Å². The van der Waals surface area contributed by atoms with Crippen LogP contribution in [0.3, 0.4) is 0 Å². The molecule has 0 radical (unpaired) electrons. The first-order valence-corrected chi connectivity index (χ1v) is 7.81. The van der Waals surface area contributed by atoms with Crippen LogP contribution in [0.15, 0.2) is 0 Å². The minimum absolute atomic E-state index is 0.827. The van der Waals surface area contributed by atoms with Crippen molar-refractivity contribution in [3.05, 3.63) is 0 Å². The number of nitrogens with one attached hydrogen (secondary N) is 1. The lowest BCUT2D eigenvalue weighted by Crippen LogP contribution is -2.48. The Kier molecular flexibility index (Phi) is 3.72. The second-order valence-corrected chi connectivity index (χ2v) is 6.52. The largest absolute Gasteiger partial charge is 0.315 e. The van der Waals surface area contributed by atoms with E-state index in [0.29, 0.717) is 0 Å². The van der Waals surface area contributed by atoms with Crippen molar-refractivity contribution in [3.63, 3.8) is 0 Å². The molecule has 3 fully saturated rings. The molecule has 0 aromatic carbocycles. The predicted octanol–water partition coefficient (Wildman–Crippen LogP) is 2.50. The van der Waals surface area contributed by atoms with E-state index in [1.165, 1.54) is 51.9 Å². The number of nitrogens with zero attached hydrogens (tertiary/aromatic N) is 1. The molecule has 4 atom stereocenters. The van der Waals surface area contributed by atoms with Gasteiger partial charge in [0.2, 0.25) is 0 Å². The molecule has 3 rings (SSSR count). The van der Waals surface area contributed by atoms with E-state index in [-0.39, 0.29) is 0 Å². The van der Waals surface area contributed by atoms with Crippen molar-refractivity contribution >= 4 is 0 Å². The van der Waals surface area contributed by atoms with Crippen molar-refractivity contribution < 1.29 is 0 Å². The summed E-state index contributed by atoms with van der Waals surface area (Å²) in [4.78, 5) is 2.78. The fraction of sp³-hybridized carbons (Fsp3) is 1.00. The fourth-order valence-corrected chi connectivity index (χ4v) is 4.58. The molecule has 1 heterocycles. The van der Waals surface area contributed by atoms with Crippen molar-refractivity contribution in [2.45, 2.75) is 51.5 Å². The number of hydrogen-bond donors (Lipinski definition) is 1. The lowest BCUT2D eigenvalue weighted by atomic mass is 9.88. The molecule has 2 bridgehead atoms. The highest BCUT2D eigenvalue weighted by atomic mass is 15.2. The zero-order chi connectivity index (χ0) is 11.7. The second-order valence-electron chi connectivity index (χ2n) is 6.52. The molecule has 98 valence electrons. The lowest BCUT2D eigenvalue weighted by molar-refractivity contribution is 0.128. The van der Waals surface area contributed by atoms with Crippen molar-refractivity contribution in [2.75, 3.05) is 26.2 Å². The normalized spacial score (nSPS) is 41.3. The van der Waals surface area contributed by atoms with Gasteiger partial charge in [-0.2, -0.15) is 0 Å². The van der Waals surface area contributed by atoms with Gasteiger partial charge in [-0.15, -0.1) is 0 Å². The molecule has 1 aliphatic heterocycles. The van der Waals surface area contributed by atoms with Gasteiger partial charge < -0.3 is 5.32 Å². The highest BCUT2D eigenvalue weighted by molar-refractivity contribution is 4.92. The standard InChI is InChI=1S/C15H28N2/c1-2-17(15-4-3-7-16-10-15)11-14-9-12-5-6-13(14)8-12/h12-16H,2-11H2,1H3.